The lowest BCUT2D eigenvalue weighted by Crippen LogP contribution is -3.08. The van der Waals surface area contributed by atoms with E-state index in [1.54, 1.807) is 6.26 Å². The number of furan rings is 1. The number of aromatic nitrogens is 2. The fraction of sp³-hybridized carbons (Fsp3) is 0.333. The van der Waals surface area contributed by atoms with Crippen LogP contribution in [-0.4, -0.2) is 23.1 Å². The van der Waals surface area contributed by atoms with Gasteiger partial charge in [0.25, 0.3) is 0 Å². The van der Waals surface area contributed by atoms with E-state index in [1.807, 2.05) is 24.3 Å². The summed E-state index contributed by atoms with van der Waals surface area (Å²) < 4.78 is 5.40. The third kappa shape index (κ3) is 3.05. The highest BCUT2D eigenvalue weighted by atomic mass is 16.3. The molecule has 0 atom stereocenters. The van der Waals surface area contributed by atoms with Gasteiger partial charge in [0.2, 0.25) is 0 Å². The van der Waals surface area contributed by atoms with Crippen LogP contribution in [0.25, 0.3) is 10.9 Å². The van der Waals surface area contributed by atoms with Crippen molar-refractivity contribution < 1.29 is 9.32 Å². The molecule has 0 spiro atoms. The first-order valence-corrected chi connectivity index (χ1v) is 8.28. The van der Waals surface area contributed by atoms with Crippen LogP contribution in [0.5, 0.6) is 0 Å². The van der Waals surface area contributed by atoms with E-state index in [9.17, 15) is 0 Å². The smallest absolute Gasteiger partial charge is 0.329 e. The first-order chi connectivity index (χ1) is 11.4. The molecule has 2 N–H and O–H groups in total. The summed E-state index contributed by atoms with van der Waals surface area (Å²) in [4.78, 5) is 11.0. The van der Waals surface area contributed by atoms with Crippen LogP contribution < -0.4 is 10.2 Å². The van der Waals surface area contributed by atoms with Crippen LogP contribution in [0.1, 0.15) is 25.0 Å². The largest absolute Gasteiger partial charge is 0.467 e. The number of nitrogens with one attached hydrogen (secondary N) is 2. The maximum absolute atomic E-state index is 5.40. The summed E-state index contributed by atoms with van der Waals surface area (Å²) in [6.45, 7) is 2.87. The molecule has 5 nitrogen and oxygen atoms in total. The Bertz CT molecular complexity index is 779. The van der Waals surface area contributed by atoms with Crippen molar-refractivity contribution in [3.8, 4) is 0 Å². The number of hydrogen-bond donors (Lipinski definition) is 2. The molecule has 0 amide bonds. The molecule has 1 aliphatic rings. The van der Waals surface area contributed by atoms with Gasteiger partial charge >= 0.3 is 5.95 Å². The van der Waals surface area contributed by atoms with Gasteiger partial charge < -0.3 is 9.73 Å². The van der Waals surface area contributed by atoms with Crippen LogP contribution in [0, 0.1) is 0 Å². The highest BCUT2D eigenvalue weighted by Crippen LogP contribution is 2.21. The van der Waals surface area contributed by atoms with Crippen LogP contribution >= 0.6 is 0 Å². The van der Waals surface area contributed by atoms with Crippen LogP contribution in [0.3, 0.4) is 0 Å². The number of fused-ring (bicyclic) bond motifs is 1. The van der Waals surface area contributed by atoms with E-state index in [4.69, 9.17) is 14.4 Å². The van der Waals surface area contributed by atoms with Crippen LogP contribution in [-0.2, 0) is 6.54 Å². The molecule has 0 bridgehead atoms. The van der Waals surface area contributed by atoms with Crippen LogP contribution in [0.15, 0.2) is 47.1 Å². The van der Waals surface area contributed by atoms with Crippen molar-refractivity contribution in [2.24, 2.45) is 0 Å². The third-order valence-electron chi connectivity index (χ3n) is 4.39. The van der Waals surface area contributed by atoms with Gasteiger partial charge in [-0.3, -0.25) is 4.90 Å². The molecule has 4 rings (SSSR count). The van der Waals surface area contributed by atoms with E-state index < -0.39 is 0 Å². The summed E-state index contributed by atoms with van der Waals surface area (Å²) in [5.41, 5.74) is 0.998. The van der Waals surface area contributed by atoms with Crippen molar-refractivity contribution in [2.75, 3.05) is 18.4 Å². The lowest BCUT2D eigenvalue weighted by Gasteiger charge is -2.21. The predicted molar refractivity (Wildman–Crippen MR) is 89.8 cm³/mol. The summed E-state index contributed by atoms with van der Waals surface area (Å²) in [7, 11) is 0. The molecule has 1 aromatic carbocycles. The number of benzene rings is 1. The second kappa shape index (κ2) is 6.38. The minimum atomic E-state index is 0.628. The van der Waals surface area contributed by atoms with Crippen molar-refractivity contribution in [1.82, 2.24) is 9.97 Å². The second-order valence-electron chi connectivity index (χ2n) is 6.01. The summed E-state index contributed by atoms with van der Waals surface area (Å²) in [5, 5.41) is 4.47. The highest BCUT2D eigenvalue weighted by molar-refractivity contribution is 5.89. The van der Waals surface area contributed by atoms with Crippen molar-refractivity contribution in [3.05, 3.63) is 48.4 Å². The Balaban J connectivity index is 1.68. The average Bonchev–Trinajstić information content (AvgIpc) is 3.14. The quantitative estimate of drug-likeness (QED) is 0.777. The first-order valence-electron chi connectivity index (χ1n) is 8.28. The van der Waals surface area contributed by atoms with Gasteiger partial charge in [-0.05, 0) is 43.5 Å². The van der Waals surface area contributed by atoms with E-state index in [-0.39, 0.29) is 0 Å². The molecule has 3 aromatic rings. The maximum Gasteiger partial charge on any atom is 0.329 e. The molecule has 0 radical (unpaired) electrons. The molecule has 0 saturated carbocycles. The van der Waals surface area contributed by atoms with Crippen molar-refractivity contribution in [2.45, 2.75) is 25.8 Å². The molecular weight excluding hydrogens is 288 g/mol. The topological polar surface area (TPSA) is 55.4 Å². The molecule has 5 heteroatoms. The lowest BCUT2D eigenvalue weighted by atomic mass is 10.1. The molecule has 0 unspecified atom stereocenters. The third-order valence-corrected chi connectivity index (χ3v) is 4.39. The van der Waals surface area contributed by atoms with Crippen LogP contribution in [0.4, 0.5) is 11.8 Å². The summed E-state index contributed by atoms with van der Waals surface area (Å²) >= 11 is 0. The number of rotatable bonds is 4. The maximum atomic E-state index is 5.40. The molecular formula is C18H21N4O+. The van der Waals surface area contributed by atoms with Gasteiger partial charge in [-0.1, -0.05) is 12.1 Å². The Morgan fingerprint density at radius 3 is 2.70 bits per heavy atom. The minimum Gasteiger partial charge on any atom is -0.467 e. The SMILES string of the molecule is c1coc(CNc2nc([NH+]3CCCCC3)nc3ccccc23)c1. The Hall–Kier alpha value is -2.40. The van der Waals surface area contributed by atoms with Gasteiger partial charge in [0.1, 0.15) is 11.6 Å². The Morgan fingerprint density at radius 2 is 1.87 bits per heavy atom. The summed E-state index contributed by atoms with van der Waals surface area (Å²) in [6, 6.07) is 12.0. The minimum absolute atomic E-state index is 0.628. The number of quaternary nitrogens is 1. The van der Waals surface area contributed by atoms with E-state index >= 15 is 0 Å². The summed E-state index contributed by atoms with van der Waals surface area (Å²) in [5.74, 6) is 2.70. The number of piperidine rings is 1. The van der Waals surface area contributed by atoms with Gasteiger partial charge in [0.15, 0.2) is 0 Å². The van der Waals surface area contributed by atoms with E-state index in [2.05, 4.69) is 17.4 Å². The zero-order valence-corrected chi connectivity index (χ0v) is 13.1. The number of hydrogen-bond acceptors (Lipinski definition) is 4. The molecule has 0 aliphatic carbocycles. The van der Waals surface area contributed by atoms with E-state index in [0.717, 1.165) is 41.5 Å². The van der Waals surface area contributed by atoms with E-state index in [0.29, 0.717) is 6.54 Å². The fourth-order valence-corrected chi connectivity index (χ4v) is 3.16. The average molecular weight is 309 g/mol. The van der Waals surface area contributed by atoms with Crippen LogP contribution in [0.2, 0.25) is 0 Å². The first kappa shape index (κ1) is 14.2. The monoisotopic (exact) mass is 309 g/mol. The molecule has 23 heavy (non-hydrogen) atoms. The molecule has 2 aromatic heterocycles. The molecule has 118 valence electrons. The van der Waals surface area contributed by atoms with Gasteiger partial charge in [-0.15, -0.1) is 0 Å². The molecule has 1 saturated heterocycles. The number of anilines is 1. The summed E-state index contributed by atoms with van der Waals surface area (Å²) in [6.07, 6.45) is 5.51. The van der Waals surface area contributed by atoms with Crippen molar-refractivity contribution in [3.63, 3.8) is 0 Å². The fourth-order valence-electron chi connectivity index (χ4n) is 3.16. The van der Waals surface area contributed by atoms with Gasteiger partial charge in [0, 0.05) is 5.39 Å². The Labute approximate surface area is 135 Å². The number of nitrogens with zero attached hydrogens (tertiary/aromatic N) is 2. The molecule has 3 heterocycles. The Morgan fingerprint density at radius 1 is 1.00 bits per heavy atom. The van der Waals surface area contributed by atoms with Gasteiger partial charge in [-0.2, -0.15) is 9.97 Å². The zero-order valence-electron chi connectivity index (χ0n) is 13.1. The zero-order chi connectivity index (χ0) is 15.5. The van der Waals surface area contributed by atoms with Gasteiger partial charge in [-0.25, -0.2) is 0 Å². The standard InChI is InChI=1S/C18H20N4O/c1-4-10-22(11-5-1)18-20-16-9-3-2-8-15(16)17(21-18)19-13-14-7-6-12-23-14/h2-3,6-9,12H,1,4-5,10-11,13H2,(H,19,20,21)/p+1. The molecule has 1 aliphatic heterocycles. The normalized spacial score (nSPS) is 15.8. The lowest BCUT2D eigenvalue weighted by molar-refractivity contribution is -0.843. The Kier molecular flexibility index (Phi) is 3.94. The number of para-hydroxylation sites is 1. The predicted octanol–water partition coefficient (Wildman–Crippen LogP) is 2.54. The molecule has 1 fully saturated rings. The van der Waals surface area contributed by atoms with E-state index in [1.165, 1.54) is 24.2 Å². The second-order valence-corrected chi connectivity index (χ2v) is 6.01. The highest BCUT2D eigenvalue weighted by Gasteiger charge is 2.21. The van der Waals surface area contributed by atoms with Crippen molar-refractivity contribution >= 4 is 22.7 Å². The van der Waals surface area contributed by atoms with Crippen molar-refractivity contribution in [1.29, 1.82) is 0 Å². The van der Waals surface area contributed by atoms with Gasteiger partial charge in [0.05, 0.1) is 31.4 Å².